The van der Waals surface area contributed by atoms with Crippen LogP contribution in [0.25, 0.3) is 0 Å². The van der Waals surface area contributed by atoms with Crippen LogP contribution in [0.15, 0.2) is 12.4 Å². The van der Waals surface area contributed by atoms with Crippen LogP contribution in [-0.4, -0.2) is 21.9 Å². The van der Waals surface area contributed by atoms with Crippen LogP contribution in [0, 0.1) is 0 Å². The molecule has 0 radical (unpaired) electrons. The van der Waals surface area contributed by atoms with E-state index in [9.17, 15) is 4.79 Å². The van der Waals surface area contributed by atoms with Crippen LogP contribution in [0.5, 0.6) is 0 Å². The van der Waals surface area contributed by atoms with Crippen LogP contribution in [0.3, 0.4) is 0 Å². The number of hydrogen-bond donors (Lipinski definition) is 0. The summed E-state index contributed by atoms with van der Waals surface area (Å²) < 4.78 is 0. The van der Waals surface area contributed by atoms with Crippen molar-refractivity contribution >= 4 is 11.9 Å². The van der Waals surface area contributed by atoms with Gasteiger partial charge in [-0.3, -0.25) is 9.69 Å². The molecule has 0 spiro atoms. The number of carbonyl (C=O) groups excluding carboxylic acids is 1. The first-order valence-corrected chi connectivity index (χ1v) is 9.30. The summed E-state index contributed by atoms with van der Waals surface area (Å²) in [7, 11) is 0. The van der Waals surface area contributed by atoms with Crippen LogP contribution >= 0.6 is 0 Å². The van der Waals surface area contributed by atoms with Gasteiger partial charge in [-0.2, -0.15) is 0 Å². The Morgan fingerprint density at radius 3 is 2.09 bits per heavy atom. The Balaban J connectivity index is 2.99. The highest BCUT2D eigenvalue weighted by atomic mass is 16.2. The molecule has 4 heteroatoms. The maximum Gasteiger partial charge on any atom is 0.232 e. The van der Waals surface area contributed by atoms with Gasteiger partial charge in [0.15, 0.2) is 0 Å². The number of rotatable bonds is 11. The van der Waals surface area contributed by atoms with Gasteiger partial charge in [0.1, 0.15) is 0 Å². The molecule has 0 aromatic carbocycles. The molecule has 130 valence electrons. The molecule has 1 aromatic heterocycles. The zero-order chi connectivity index (χ0) is 17.1. The van der Waals surface area contributed by atoms with E-state index in [0.717, 1.165) is 56.9 Å². The van der Waals surface area contributed by atoms with Gasteiger partial charge in [0.25, 0.3) is 0 Å². The van der Waals surface area contributed by atoms with Gasteiger partial charge in [-0.05, 0) is 37.7 Å². The first-order chi connectivity index (χ1) is 11.2. The molecule has 1 aromatic rings. The van der Waals surface area contributed by atoms with Crippen LogP contribution in [-0.2, 0) is 11.2 Å². The number of aryl methyl sites for hydroxylation is 1. The van der Waals surface area contributed by atoms with Crippen molar-refractivity contribution in [3.05, 3.63) is 18.0 Å². The Hall–Kier alpha value is -1.45. The average Bonchev–Trinajstić information content (AvgIpc) is 2.55. The van der Waals surface area contributed by atoms with Crippen LogP contribution in [0.2, 0.25) is 0 Å². The second kappa shape index (κ2) is 11.1. The zero-order valence-corrected chi connectivity index (χ0v) is 15.3. The van der Waals surface area contributed by atoms with Gasteiger partial charge >= 0.3 is 0 Å². The van der Waals surface area contributed by atoms with Crippen molar-refractivity contribution in [1.29, 1.82) is 0 Å². The lowest BCUT2D eigenvalue weighted by Crippen LogP contribution is -2.41. The third-order valence-electron chi connectivity index (χ3n) is 4.07. The van der Waals surface area contributed by atoms with Crippen molar-refractivity contribution < 1.29 is 4.79 Å². The summed E-state index contributed by atoms with van der Waals surface area (Å²) in [5.74, 6) is 0.733. The summed E-state index contributed by atoms with van der Waals surface area (Å²) >= 11 is 0. The predicted molar refractivity (Wildman–Crippen MR) is 96.6 cm³/mol. The third-order valence-corrected chi connectivity index (χ3v) is 4.07. The van der Waals surface area contributed by atoms with Crippen LogP contribution < -0.4 is 4.90 Å². The number of anilines is 1. The van der Waals surface area contributed by atoms with Crippen molar-refractivity contribution in [1.82, 2.24) is 9.97 Å². The fourth-order valence-electron chi connectivity index (χ4n) is 2.86. The van der Waals surface area contributed by atoms with E-state index in [0.29, 0.717) is 12.4 Å². The molecule has 23 heavy (non-hydrogen) atoms. The van der Waals surface area contributed by atoms with E-state index >= 15 is 0 Å². The lowest BCUT2D eigenvalue weighted by Gasteiger charge is -2.30. The topological polar surface area (TPSA) is 46.1 Å². The van der Waals surface area contributed by atoms with E-state index in [1.54, 1.807) is 0 Å². The summed E-state index contributed by atoms with van der Waals surface area (Å²) in [4.78, 5) is 23.5. The number of carbonyl (C=O) groups is 1. The van der Waals surface area contributed by atoms with E-state index in [2.05, 4.69) is 30.7 Å². The number of nitrogens with zero attached hydrogens (tertiary/aromatic N) is 3. The molecule has 0 unspecified atom stereocenters. The lowest BCUT2D eigenvalue weighted by molar-refractivity contribution is -0.119. The minimum absolute atomic E-state index is 0.153. The molecule has 4 nitrogen and oxygen atoms in total. The molecule has 0 fully saturated rings. The van der Waals surface area contributed by atoms with Crippen LogP contribution in [0.1, 0.15) is 84.6 Å². The Morgan fingerprint density at radius 1 is 1.00 bits per heavy atom. The SMILES string of the molecule is CCCCc1cnc(N(C(=O)CCC)C(CCC)CCC)nc1. The smallest absolute Gasteiger partial charge is 0.232 e. The van der Waals surface area contributed by atoms with Gasteiger partial charge < -0.3 is 0 Å². The summed E-state index contributed by atoms with van der Waals surface area (Å²) in [6.45, 7) is 8.56. The van der Waals surface area contributed by atoms with Gasteiger partial charge in [-0.25, -0.2) is 9.97 Å². The largest absolute Gasteiger partial charge is 0.278 e. The molecule has 0 aliphatic rings. The first-order valence-electron chi connectivity index (χ1n) is 9.30. The van der Waals surface area contributed by atoms with Gasteiger partial charge in [0.05, 0.1) is 0 Å². The molecular weight excluding hydrogens is 286 g/mol. The lowest BCUT2D eigenvalue weighted by atomic mass is 10.0. The van der Waals surface area contributed by atoms with Crippen LogP contribution in [0.4, 0.5) is 5.95 Å². The van der Waals surface area contributed by atoms with E-state index in [1.165, 1.54) is 0 Å². The van der Waals surface area contributed by atoms with Crippen molar-refractivity contribution in [3.8, 4) is 0 Å². The Labute approximate surface area is 141 Å². The molecule has 0 saturated heterocycles. The van der Waals surface area contributed by atoms with Gasteiger partial charge in [-0.1, -0.05) is 47.0 Å². The predicted octanol–water partition coefficient (Wildman–Crippen LogP) is 4.92. The second-order valence-corrected chi connectivity index (χ2v) is 6.24. The van der Waals surface area contributed by atoms with E-state index in [4.69, 9.17) is 0 Å². The molecule has 0 aliphatic heterocycles. The summed E-state index contributed by atoms with van der Waals surface area (Å²) in [6.07, 6.45) is 12.7. The molecule has 0 N–H and O–H groups in total. The summed E-state index contributed by atoms with van der Waals surface area (Å²) in [6, 6.07) is 0.213. The number of aromatic nitrogens is 2. The van der Waals surface area contributed by atoms with Crippen molar-refractivity contribution in [2.75, 3.05) is 4.90 Å². The van der Waals surface area contributed by atoms with Crippen molar-refractivity contribution in [2.45, 2.75) is 91.5 Å². The quantitative estimate of drug-likeness (QED) is 0.581. The highest BCUT2D eigenvalue weighted by Crippen LogP contribution is 2.21. The average molecular weight is 319 g/mol. The Morgan fingerprint density at radius 2 is 1.61 bits per heavy atom. The number of amides is 1. The molecule has 0 aliphatic carbocycles. The second-order valence-electron chi connectivity index (χ2n) is 6.24. The monoisotopic (exact) mass is 319 g/mol. The van der Waals surface area contributed by atoms with E-state index in [-0.39, 0.29) is 11.9 Å². The van der Waals surface area contributed by atoms with Crippen molar-refractivity contribution in [2.24, 2.45) is 0 Å². The molecule has 1 heterocycles. The Kier molecular flexibility index (Phi) is 9.49. The molecule has 1 rings (SSSR count). The third kappa shape index (κ3) is 6.28. The van der Waals surface area contributed by atoms with Gasteiger partial charge in [0.2, 0.25) is 11.9 Å². The Bertz CT molecular complexity index is 438. The minimum Gasteiger partial charge on any atom is -0.278 e. The standard InChI is InChI=1S/C19H33N3O/c1-5-9-13-16-14-20-19(21-15-16)22(18(23)12-8-4)17(10-6-2)11-7-3/h14-15,17H,5-13H2,1-4H3. The molecule has 1 amide bonds. The van der Waals surface area contributed by atoms with E-state index < -0.39 is 0 Å². The summed E-state index contributed by atoms with van der Waals surface area (Å²) in [5, 5.41) is 0. The molecule has 0 saturated carbocycles. The highest BCUT2D eigenvalue weighted by molar-refractivity contribution is 5.92. The molecule has 0 atom stereocenters. The van der Waals surface area contributed by atoms with Crippen molar-refractivity contribution in [3.63, 3.8) is 0 Å². The molecule has 0 bridgehead atoms. The van der Waals surface area contributed by atoms with E-state index in [1.807, 2.05) is 24.2 Å². The first kappa shape index (κ1) is 19.6. The maximum absolute atomic E-state index is 12.6. The number of hydrogen-bond acceptors (Lipinski definition) is 3. The minimum atomic E-state index is 0.153. The highest BCUT2D eigenvalue weighted by Gasteiger charge is 2.25. The fourth-order valence-corrected chi connectivity index (χ4v) is 2.86. The number of unbranched alkanes of at least 4 members (excludes halogenated alkanes) is 1. The normalized spacial score (nSPS) is 11.0. The summed E-state index contributed by atoms with van der Waals surface area (Å²) in [5.41, 5.74) is 1.15. The fraction of sp³-hybridized carbons (Fsp3) is 0.737. The van der Waals surface area contributed by atoms with Gasteiger partial charge in [0, 0.05) is 24.9 Å². The van der Waals surface area contributed by atoms with Gasteiger partial charge in [-0.15, -0.1) is 0 Å². The maximum atomic E-state index is 12.6. The zero-order valence-electron chi connectivity index (χ0n) is 15.3. The molecular formula is C19H33N3O.